The van der Waals surface area contributed by atoms with Gasteiger partial charge in [0.15, 0.2) is 5.75 Å². The van der Waals surface area contributed by atoms with E-state index in [0.717, 1.165) is 44.9 Å². The molecule has 0 aromatic carbocycles. The van der Waals surface area contributed by atoms with Gasteiger partial charge in [0.05, 0.1) is 12.4 Å². The highest BCUT2D eigenvalue weighted by molar-refractivity contribution is 7.11. The highest BCUT2D eigenvalue weighted by Gasteiger charge is 2.37. The van der Waals surface area contributed by atoms with Crippen molar-refractivity contribution in [3.63, 3.8) is 0 Å². The molecule has 0 aliphatic carbocycles. The second-order valence-corrected chi connectivity index (χ2v) is 7.82. The Morgan fingerprint density at radius 3 is 2.87 bits per heavy atom. The molecule has 2 saturated heterocycles. The maximum absolute atomic E-state index is 6.04. The van der Waals surface area contributed by atoms with Crippen molar-refractivity contribution in [2.75, 3.05) is 26.2 Å². The minimum absolute atomic E-state index is 0.259. The van der Waals surface area contributed by atoms with Crippen LogP contribution < -0.4 is 4.74 Å². The van der Waals surface area contributed by atoms with Crippen molar-refractivity contribution in [2.45, 2.75) is 32.0 Å². The van der Waals surface area contributed by atoms with E-state index in [-0.39, 0.29) is 6.10 Å². The maximum atomic E-state index is 6.04. The van der Waals surface area contributed by atoms with Crippen LogP contribution in [-0.2, 0) is 6.54 Å². The Morgan fingerprint density at radius 2 is 2.09 bits per heavy atom. The fourth-order valence-electron chi connectivity index (χ4n) is 3.62. The predicted octanol–water partition coefficient (Wildman–Crippen LogP) is 2.18. The molecule has 4 rings (SSSR count). The average molecular weight is 330 g/mol. The van der Waals surface area contributed by atoms with Gasteiger partial charge in [0, 0.05) is 54.9 Å². The summed E-state index contributed by atoms with van der Waals surface area (Å²) in [5, 5.41) is 0. The topological polar surface area (TPSA) is 41.5 Å². The minimum atomic E-state index is 0.259. The first-order valence-corrected chi connectivity index (χ1v) is 9.01. The van der Waals surface area contributed by atoms with Gasteiger partial charge in [-0.05, 0) is 19.1 Å². The molecule has 2 aromatic heterocycles. The second-order valence-electron chi connectivity index (χ2n) is 6.45. The molecule has 2 aliphatic heterocycles. The summed E-state index contributed by atoms with van der Waals surface area (Å²) < 4.78 is 6.04. The van der Waals surface area contributed by atoms with E-state index in [2.05, 4.69) is 38.8 Å². The molecule has 0 radical (unpaired) electrons. The molecule has 2 aromatic rings. The Balaban J connectivity index is 1.33. The number of rotatable bonds is 4. The molecule has 6 heteroatoms. The first-order valence-electron chi connectivity index (χ1n) is 8.19. The van der Waals surface area contributed by atoms with Crippen LogP contribution >= 0.6 is 11.3 Å². The molecule has 0 amide bonds. The lowest BCUT2D eigenvalue weighted by Crippen LogP contribution is -2.49. The molecule has 2 atom stereocenters. The van der Waals surface area contributed by atoms with E-state index in [1.165, 1.54) is 16.1 Å². The Labute approximate surface area is 140 Å². The smallest absolute Gasteiger partial charge is 0.156 e. The Bertz CT molecular complexity index is 647. The SMILES string of the molecule is Cc1ccc(CN2CCN3C[C@H](Oc4cncnc4)C[C@@H]3C2)s1. The first kappa shape index (κ1) is 15.1. The number of hydrogen-bond acceptors (Lipinski definition) is 6. The summed E-state index contributed by atoms with van der Waals surface area (Å²) in [6, 6.07) is 5.10. The van der Waals surface area contributed by atoms with Gasteiger partial charge in [-0.2, -0.15) is 0 Å². The molecular weight excluding hydrogens is 308 g/mol. The Kier molecular flexibility index (Phi) is 4.29. The Hall–Kier alpha value is -1.50. The number of fused-ring (bicyclic) bond motifs is 1. The second kappa shape index (κ2) is 6.55. The van der Waals surface area contributed by atoms with E-state index in [1.54, 1.807) is 12.4 Å². The summed E-state index contributed by atoms with van der Waals surface area (Å²) >= 11 is 1.92. The maximum Gasteiger partial charge on any atom is 0.156 e. The van der Waals surface area contributed by atoms with Gasteiger partial charge >= 0.3 is 0 Å². The van der Waals surface area contributed by atoms with Crippen molar-refractivity contribution >= 4 is 11.3 Å². The van der Waals surface area contributed by atoms with E-state index in [0.29, 0.717) is 6.04 Å². The van der Waals surface area contributed by atoms with Gasteiger partial charge in [-0.3, -0.25) is 9.80 Å². The molecule has 2 aliphatic rings. The van der Waals surface area contributed by atoms with Gasteiger partial charge in [0.1, 0.15) is 12.4 Å². The highest BCUT2D eigenvalue weighted by Crippen LogP contribution is 2.27. The average Bonchev–Trinajstić information content (AvgIpc) is 3.13. The quantitative estimate of drug-likeness (QED) is 0.859. The van der Waals surface area contributed by atoms with Crippen molar-refractivity contribution in [1.29, 1.82) is 0 Å². The number of thiophene rings is 1. The molecule has 4 heterocycles. The molecule has 5 nitrogen and oxygen atoms in total. The predicted molar refractivity (Wildman–Crippen MR) is 90.8 cm³/mol. The van der Waals surface area contributed by atoms with Gasteiger partial charge < -0.3 is 4.74 Å². The molecule has 23 heavy (non-hydrogen) atoms. The van der Waals surface area contributed by atoms with Crippen molar-refractivity contribution in [3.05, 3.63) is 40.6 Å². The number of aromatic nitrogens is 2. The number of nitrogens with zero attached hydrogens (tertiary/aromatic N) is 4. The van der Waals surface area contributed by atoms with Crippen molar-refractivity contribution in [3.8, 4) is 5.75 Å². The number of aryl methyl sites for hydroxylation is 1. The van der Waals surface area contributed by atoms with E-state index < -0.39 is 0 Å². The van der Waals surface area contributed by atoms with Crippen LogP contribution in [0.2, 0.25) is 0 Å². The monoisotopic (exact) mass is 330 g/mol. The zero-order valence-corrected chi connectivity index (χ0v) is 14.2. The summed E-state index contributed by atoms with van der Waals surface area (Å²) in [7, 11) is 0. The van der Waals surface area contributed by atoms with Crippen molar-refractivity contribution < 1.29 is 4.74 Å². The summed E-state index contributed by atoms with van der Waals surface area (Å²) in [4.78, 5) is 16.1. The van der Waals surface area contributed by atoms with Crippen LogP contribution in [0.4, 0.5) is 0 Å². The van der Waals surface area contributed by atoms with E-state index in [4.69, 9.17) is 4.74 Å². The number of piperazine rings is 1. The summed E-state index contributed by atoms with van der Waals surface area (Å²) in [6.45, 7) is 7.71. The summed E-state index contributed by atoms with van der Waals surface area (Å²) in [6.07, 6.45) is 6.38. The third-order valence-corrected chi connectivity index (χ3v) is 5.66. The lowest BCUT2D eigenvalue weighted by atomic mass is 10.1. The fourth-order valence-corrected chi connectivity index (χ4v) is 4.55. The molecule has 0 N–H and O–H groups in total. The van der Waals surface area contributed by atoms with Crippen molar-refractivity contribution in [1.82, 2.24) is 19.8 Å². The molecule has 0 bridgehead atoms. The molecule has 0 unspecified atom stereocenters. The summed E-state index contributed by atoms with van der Waals surface area (Å²) in [5.41, 5.74) is 0. The molecular formula is C17H22N4OS. The Morgan fingerprint density at radius 1 is 1.22 bits per heavy atom. The zero-order valence-electron chi connectivity index (χ0n) is 13.4. The van der Waals surface area contributed by atoms with Gasteiger partial charge in [-0.1, -0.05) is 0 Å². The van der Waals surface area contributed by atoms with E-state index >= 15 is 0 Å². The van der Waals surface area contributed by atoms with Crippen LogP contribution in [0.1, 0.15) is 16.2 Å². The standard InChI is InChI=1S/C17H22N4OS/c1-13-2-3-17(23-13)11-20-4-5-21-10-15(6-14(21)9-20)22-16-7-18-12-19-8-16/h2-3,7-8,12,14-15H,4-6,9-11H2,1H3/t14-,15-/m1/s1. The van der Waals surface area contributed by atoms with Crippen LogP contribution in [0, 0.1) is 6.92 Å². The van der Waals surface area contributed by atoms with Crippen LogP contribution in [0.5, 0.6) is 5.75 Å². The van der Waals surface area contributed by atoms with Gasteiger partial charge in [0.25, 0.3) is 0 Å². The highest BCUT2D eigenvalue weighted by atomic mass is 32.1. The van der Waals surface area contributed by atoms with Gasteiger partial charge in [-0.15, -0.1) is 11.3 Å². The normalized spacial score (nSPS) is 25.4. The van der Waals surface area contributed by atoms with Crippen LogP contribution in [0.15, 0.2) is 30.9 Å². The van der Waals surface area contributed by atoms with Crippen LogP contribution in [0.3, 0.4) is 0 Å². The largest absolute Gasteiger partial charge is 0.486 e. The lowest BCUT2D eigenvalue weighted by Gasteiger charge is -2.36. The molecule has 0 saturated carbocycles. The van der Waals surface area contributed by atoms with Crippen LogP contribution in [0.25, 0.3) is 0 Å². The zero-order chi connectivity index (χ0) is 15.6. The van der Waals surface area contributed by atoms with E-state index in [1.807, 2.05) is 11.3 Å². The van der Waals surface area contributed by atoms with Crippen molar-refractivity contribution in [2.24, 2.45) is 0 Å². The molecule has 2 fully saturated rings. The lowest BCUT2D eigenvalue weighted by molar-refractivity contribution is 0.0985. The first-order chi connectivity index (χ1) is 11.3. The summed E-state index contributed by atoms with van der Waals surface area (Å²) in [5.74, 6) is 0.781. The van der Waals surface area contributed by atoms with Gasteiger partial charge in [-0.25, -0.2) is 9.97 Å². The third kappa shape index (κ3) is 3.54. The fraction of sp³-hybridized carbons (Fsp3) is 0.529. The van der Waals surface area contributed by atoms with Gasteiger partial charge in [0.2, 0.25) is 0 Å². The molecule has 122 valence electrons. The number of hydrogen-bond donors (Lipinski definition) is 0. The van der Waals surface area contributed by atoms with Crippen LogP contribution in [-0.4, -0.2) is 58.1 Å². The van der Waals surface area contributed by atoms with E-state index in [9.17, 15) is 0 Å². The molecule has 0 spiro atoms. The minimum Gasteiger partial charge on any atom is -0.486 e. The third-order valence-electron chi connectivity index (χ3n) is 4.68. The number of ether oxygens (including phenoxy) is 1.